The molecule has 2 aliphatic heterocycles. The van der Waals surface area contributed by atoms with Crippen molar-refractivity contribution in [2.24, 2.45) is 23.3 Å². The van der Waals surface area contributed by atoms with Crippen molar-refractivity contribution in [1.29, 1.82) is 0 Å². The van der Waals surface area contributed by atoms with Crippen molar-refractivity contribution in [3.05, 3.63) is 0 Å². The van der Waals surface area contributed by atoms with Gasteiger partial charge in [0.1, 0.15) is 11.2 Å². The zero-order valence-corrected chi connectivity index (χ0v) is 18.8. The molecule has 0 aliphatic carbocycles. The van der Waals surface area contributed by atoms with Crippen LogP contribution in [-0.4, -0.2) is 71.5 Å². The van der Waals surface area contributed by atoms with E-state index in [0.717, 1.165) is 0 Å². The van der Waals surface area contributed by atoms with Gasteiger partial charge in [-0.15, -0.1) is 0 Å². The number of carbonyl (C=O) groups excluding carboxylic acids is 2. The highest BCUT2D eigenvalue weighted by atomic mass is 16.6. The van der Waals surface area contributed by atoms with Gasteiger partial charge in [0.05, 0.1) is 0 Å². The van der Waals surface area contributed by atoms with E-state index >= 15 is 0 Å². The topological polar surface area (TPSA) is 111 Å². The van der Waals surface area contributed by atoms with Crippen molar-refractivity contribution < 1.29 is 19.1 Å². The van der Waals surface area contributed by atoms with Crippen LogP contribution in [0.15, 0.2) is 0 Å². The Kier molecular flexibility index (Phi) is 8.14. The van der Waals surface area contributed by atoms with E-state index in [0.29, 0.717) is 38.0 Å². The third kappa shape index (κ3) is 8.22. The molecule has 164 valence electrons. The van der Waals surface area contributed by atoms with Crippen LogP contribution in [0.25, 0.3) is 0 Å². The van der Waals surface area contributed by atoms with E-state index in [1.807, 2.05) is 41.5 Å². The molecule has 0 saturated carbocycles. The Hall–Kier alpha value is -1.54. The maximum atomic E-state index is 11.6. The molecule has 2 aliphatic rings. The van der Waals surface area contributed by atoms with Gasteiger partial charge in [0, 0.05) is 38.3 Å². The maximum absolute atomic E-state index is 11.6. The first-order chi connectivity index (χ1) is 12.6. The molecule has 0 radical (unpaired) electrons. The summed E-state index contributed by atoms with van der Waals surface area (Å²) in [6, 6.07) is 0.171. The van der Waals surface area contributed by atoms with E-state index in [9.17, 15) is 9.59 Å². The van der Waals surface area contributed by atoms with Crippen LogP contribution in [0.1, 0.15) is 55.4 Å². The number of ether oxygens (including phenoxy) is 2. The van der Waals surface area contributed by atoms with Crippen LogP contribution >= 0.6 is 0 Å². The lowest BCUT2D eigenvalue weighted by molar-refractivity contribution is 0.0277. The molecule has 0 spiro atoms. The van der Waals surface area contributed by atoms with Gasteiger partial charge < -0.3 is 30.7 Å². The molecule has 4 N–H and O–H groups in total. The van der Waals surface area contributed by atoms with Crippen molar-refractivity contribution in [1.82, 2.24) is 9.80 Å². The first-order valence-corrected chi connectivity index (χ1v) is 10.1. The molecule has 0 aromatic carbocycles. The molecule has 2 rings (SSSR count). The van der Waals surface area contributed by atoms with Crippen LogP contribution in [0, 0.1) is 11.8 Å². The van der Waals surface area contributed by atoms with Gasteiger partial charge in [0.2, 0.25) is 0 Å². The number of nitrogens with two attached hydrogens (primary N) is 2. The van der Waals surface area contributed by atoms with Gasteiger partial charge >= 0.3 is 12.2 Å². The van der Waals surface area contributed by atoms with Crippen molar-refractivity contribution in [3.8, 4) is 0 Å². The van der Waals surface area contributed by atoms with Crippen molar-refractivity contribution in [2.45, 2.75) is 78.7 Å². The zero-order valence-electron chi connectivity index (χ0n) is 18.8. The Morgan fingerprint density at radius 1 is 0.714 bits per heavy atom. The van der Waals surface area contributed by atoms with Crippen LogP contribution in [0.4, 0.5) is 9.59 Å². The van der Waals surface area contributed by atoms with Gasteiger partial charge in [-0.25, -0.2) is 9.59 Å². The zero-order chi connectivity index (χ0) is 21.9. The Morgan fingerprint density at radius 2 is 1.00 bits per heavy atom. The average Bonchev–Trinajstić information content (AvgIpc) is 3.00. The molecule has 2 amide bonds. The standard InChI is InChI=1S/2C10H20N2O2/c2*1-7-5-12(6-8(7)11)9(13)14-10(2,3)4/h2*7-8H,5-6,11H2,1-4H3/t2*7-,8-/m10/s1. The summed E-state index contributed by atoms with van der Waals surface area (Å²) in [6.07, 6.45) is -0.505. The SMILES string of the molecule is C[C@@H]1CN(C(=O)OC(C)(C)C)C[C@H]1N.C[C@H]1CN(C(=O)OC(C)(C)C)C[C@@H]1N. The number of amides is 2. The highest BCUT2D eigenvalue weighted by molar-refractivity contribution is 5.69. The van der Waals surface area contributed by atoms with Gasteiger partial charge in [-0.3, -0.25) is 0 Å². The fourth-order valence-electron chi connectivity index (χ4n) is 2.94. The molecule has 2 fully saturated rings. The number of likely N-dealkylation sites (tertiary alicyclic amines) is 2. The summed E-state index contributed by atoms with van der Waals surface area (Å²) in [6.45, 7) is 17.9. The smallest absolute Gasteiger partial charge is 0.410 e. The number of hydrogen-bond donors (Lipinski definition) is 2. The van der Waals surface area contributed by atoms with Crippen LogP contribution in [0.5, 0.6) is 0 Å². The molecule has 0 aromatic rings. The van der Waals surface area contributed by atoms with Gasteiger partial charge in [-0.2, -0.15) is 0 Å². The number of hydrogen-bond acceptors (Lipinski definition) is 6. The third-order valence-corrected chi connectivity index (χ3v) is 4.64. The monoisotopic (exact) mass is 400 g/mol. The van der Waals surface area contributed by atoms with Crippen molar-refractivity contribution in [3.63, 3.8) is 0 Å². The lowest BCUT2D eigenvalue weighted by Gasteiger charge is -2.24. The van der Waals surface area contributed by atoms with Gasteiger partial charge in [-0.1, -0.05) is 13.8 Å². The first-order valence-electron chi connectivity index (χ1n) is 10.1. The lowest BCUT2D eigenvalue weighted by atomic mass is 10.1. The van der Waals surface area contributed by atoms with E-state index < -0.39 is 11.2 Å². The summed E-state index contributed by atoms with van der Waals surface area (Å²) in [4.78, 5) is 26.6. The van der Waals surface area contributed by atoms with E-state index in [1.54, 1.807) is 9.80 Å². The van der Waals surface area contributed by atoms with E-state index in [2.05, 4.69) is 13.8 Å². The second kappa shape index (κ2) is 9.31. The molecule has 28 heavy (non-hydrogen) atoms. The third-order valence-electron chi connectivity index (χ3n) is 4.64. The molecular formula is C20H40N4O4. The Labute approximate surface area is 169 Å². The number of nitrogens with zero attached hydrogens (tertiary/aromatic N) is 2. The minimum atomic E-state index is -0.424. The second-order valence-corrected chi connectivity index (χ2v) is 10.1. The summed E-state index contributed by atoms with van der Waals surface area (Å²) in [5, 5.41) is 0. The molecular weight excluding hydrogens is 360 g/mol. The molecule has 0 unspecified atom stereocenters. The normalized spacial score (nSPS) is 27.9. The number of carbonyl (C=O) groups is 2. The number of rotatable bonds is 0. The highest BCUT2D eigenvalue weighted by Crippen LogP contribution is 2.19. The molecule has 2 heterocycles. The summed E-state index contributed by atoms with van der Waals surface area (Å²) < 4.78 is 10.5. The minimum Gasteiger partial charge on any atom is -0.444 e. The van der Waals surface area contributed by atoms with E-state index in [1.165, 1.54) is 0 Å². The van der Waals surface area contributed by atoms with Crippen LogP contribution in [0.2, 0.25) is 0 Å². The highest BCUT2D eigenvalue weighted by Gasteiger charge is 2.33. The van der Waals surface area contributed by atoms with Crippen molar-refractivity contribution in [2.75, 3.05) is 26.2 Å². The first kappa shape index (κ1) is 24.5. The van der Waals surface area contributed by atoms with Crippen LogP contribution in [0.3, 0.4) is 0 Å². The summed E-state index contributed by atoms with van der Waals surface area (Å²) in [7, 11) is 0. The van der Waals surface area contributed by atoms with E-state index in [-0.39, 0.29) is 24.3 Å². The van der Waals surface area contributed by atoms with E-state index in [4.69, 9.17) is 20.9 Å². The summed E-state index contributed by atoms with van der Waals surface area (Å²) >= 11 is 0. The quantitative estimate of drug-likeness (QED) is 0.646. The summed E-state index contributed by atoms with van der Waals surface area (Å²) in [5.41, 5.74) is 10.8. The lowest BCUT2D eigenvalue weighted by Crippen LogP contribution is -2.36. The molecule has 0 bridgehead atoms. The Morgan fingerprint density at radius 3 is 1.18 bits per heavy atom. The Bertz CT molecular complexity index is 473. The fourth-order valence-corrected chi connectivity index (χ4v) is 2.94. The van der Waals surface area contributed by atoms with Gasteiger partial charge in [-0.05, 0) is 53.4 Å². The molecule has 8 nitrogen and oxygen atoms in total. The Balaban J connectivity index is 0.000000280. The van der Waals surface area contributed by atoms with Gasteiger partial charge in [0.25, 0.3) is 0 Å². The fraction of sp³-hybridized carbons (Fsp3) is 0.900. The largest absolute Gasteiger partial charge is 0.444 e. The van der Waals surface area contributed by atoms with Crippen molar-refractivity contribution >= 4 is 12.2 Å². The van der Waals surface area contributed by atoms with Crippen LogP contribution in [-0.2, 0) is 9.47 Å². The molecule has 8 heteroatoms. The van der Waals surface area contributed by atoms with Gasteiger partial charge in [0.15, 0.2) is 0 Å². The van der Waals surface area contributed by atoms with Crippen LogP contribution < -0.4 is 11.5 Å². The molecule has 0 aromatic heterocycles. The average molecular weight is 401 g/mol. The molecule has 2 saturated heterocycles. The minimum absolute atomic E-state index is 0.0857. The predicted octanol–water partition coefficient (Wildman–Crippen LogP) is 2.40. The summed E-state index contributed by atoms with van der Waals surface area (Å²) in [5.74, 6) is 0.727. The second-order valence-electron chi connectivity index (χ2n) is 10.1. The molecule has 4 atom stereocenters. The maximum Gasteiger partial charge on any atom is 0.410 e. The predicted molar refractivity (Wildman–Crippen MR) is 110 cm³/mol.